The van der Waals surface area contributed by atoms with E-state index >= 15 is 0 Å². The summed E-state index contributed by atoms with van der Waals surface area (Å²) in [7, 11) is 0. The number of hydrogen-bond acceptors (Lipinski definition) is 0. The number of rotatable bonds is 4. The molecule has 4 aromatic carbocycles. The standard InChI is InChI=1S/C21H25.C15H8F6.C5H5.Zr/c1-20(2,3)16-7-9-18-14(12-16)11-15-13-17(21(4,5)6)8-10-19(15)18;16-14(17,18)12-5-1-10(2-6-12)9-11-3-7-13(8-4-11)15(19,20)21;1-2-4-5-3-1;/h7-13H,1-6H3;1-8H;1-3H,4H2;. The van der Waals surface area contributed by atoms with Gasteiger partial charge in [0.15, 0.2) is 0 Å². The van der Waals surface area contributed by atoms with Crippen molar-refractivity contribution in [3.05, 3.63) is 151 Å². The van der Waals surface area contributed by atoms with E-state index in [0.29, 0.717) is 17.5 Å². The van der Waals surface area contributed by atoms with Crippen LogP contribution in [-0.2, 0) is 44.4 Å². The van der Waals surface area contributed by atoms with E-state index in [4.69, 9.17) is 0 Å². The molecule has 2 aliphatic carbocycles. The van der Waals surface area contributed by atoms with Gasteiger partial charge in [0.2, 0.25) is 0 Å². The van der Waals surface area contributed by atoms with E-state index in [1.54, 1.807) is 0 Å². The second-order valence-corrected chi connectivity index (χ2v) is 21.1. The second kappa shape index (κ2) is 12.2. The van der Waals surface area contributed by atoms with Crippen molar-refractivity contribution < 1.29 is 47.6 Å². The molecule has 248 valence electrons. The molecule has 0 aromatic heterocycles. The summed E-state index contributed by atoms with van der Waals surface area (Å²) in [6.07, 6.45) is -2.05. The van der Waals surface area contributed by atoms with Gasteiger partial charge in [-0.15, -0.1) is 0 Å². The van der Waals surface area contributed by atoms with Crippen LogP contribution in [0.1, 0.15) is 96.1 Å². The van der Waals surface area contributed by atoms with Crippen molar-refractivity contribution in [2.24, 2.45) is 0 Å². The van der Waals surface area contributed by atoms with Crippen LogP contribution in [0.4, 0.5) is 26.3 Å². The maximum atomic E-state index is 13.7. The number of benzene rings is 4. The van der Waals surface area contributed by atoms with Gasteiger partial charge in [0.25, 0.3) is 0 Å². The number of fused-ring (bicyclic) bond motifs is 3. The Morgan fingerprint density at radius 2 is 0.958 bits per heavy atom. The summed E-state index contributed by atoms with van der Waals surface area (Å²) >= 11 is -3.37. The van der Waals surface area contributed by atoms with Crippen molar-refractivity contribution >= 4 is 3.21 Å². The number of halogens is 6. The van der Waals surface area contributed by atoms with Crippen LogP contribution >= 0.6 is 0 Å². The minimum atomic E-state index is -4.51. The number of alkyl halides is 6. The van der Waals surface area contributed by atoms with E-state index in [0.717, 1.165) is 38.6 Å². The van der Waals surface area contributed by atoms with Crippen LogP contribution in [0.15, 0.2) is 106 Å². The second-order valence-electron chi connectivity index (χ2n) is 14.8. The third-order valence-corrected chi connectivity index (χ3v) is 17.7. The molecular formula is C41H38F6Zr. The van der Waals surface area contributed by atoms with Crippen molar-refractivity contribution in [2.75, 3.05) is 0 Å². The monoisotopic (exact) mass is 734 g/mol. The zero-order valence-electron chi connectivity index (χ0n) is 27.9. The van der Waals surface area contributed by atoms with Crippen LogP contribution in [0.25, 0.3) is 11.1 Å². The quantitative estimate of drug-likeness (QED) is 0.183. The Hall–Kier alpha value is -3.31. The first-order valence-electron chi connectivity index (χ1n) is 16.1. The Kier molecular flexibility index (Phi) is 8.80. The molecule has 0 amide bonds. The van der Waals surface area contributed by atoms with E-state index in [-0.39, 0.29) is 14.5 Å². The van der Waals surface area contributed by atoms with E-state index in [9.17, 15) is 26.3 Å². The molecule has 0 saturated heterocycles. The molecular weight excluding hydrogens is 698 g/mol. The van der Waals surface area contributed by atoms with Crippen molar-refractivity contribution in [1.82, 2.24) is 0 Å². The number of hydrogen-bond donors (Lipinski definition) is 0. The van der Waals surface area contributed by atoms with E-state index < -0.39 is 44.7 Å². The molecule has 7 heteroatoms. The van der Waals surface area contributed by atoms with Gasteiger partial charge in [0, 0.05) is 0 Å². The maximum absolute atomic E-state index is 13.7. The fourth-order valence-electron chi connectivity index (χ4n) is 6.77. The molecule has 48 heavy (non-hydrogen) atoms. The number of allylic oxidation sites excluding steroid dienone is 4. The summed E-state index contributed by atoms with van der Waals surface area (Å²) in [6, 6.07) is 23.8. The van der Waals surface area contributed by atoms with Gasteiger partial charge in [0.1, 0.15) is 0 Å². The molecule has 0 atom stereocenters. The van der Waals surface area contributed by atoms with Crippen LogP contribution in [0.2, 0.25) is 0 Å². The average Bonchev–Trinajstić information content (AvgIpc) is 3.64. The summed E-state index contributed by atoms with van der Waals surface area (Å²) in [5, 5.41) is 0. The van der Waals surface area contributed by atoms with Crippen molar-refractivity contribution in [2.45, 2.75) is 74.8 Å². The molecule has 0 radical (unpaired) electrons. The third-order valence-electron chi connectivity index (χ3n) is 9.42. The van der Waals surface area contributed by atoms with Gasteiger partial charge in [-0.05, 0) is 0 Å². The van der Waals surface area contributed by atoms with Crippen LogP contribution in [0.5, 0.6) is 0 Å². The molecule has 0 spiro atoms. The van der Waals surface area contributed by atoms with Gasteiger partial charge in [-0.2, -0.15) is 0 Å². The van der Waals surface area contributed by atoms with Crippen LogP contribution in [0, 0.1) is 0 Å². The zero-order valence-corrected chi connectivity index (χ0v) is 30.3. The van der Waals surface area contributed by atoms with Crippen molar-refractivity contribution in [3.63, 3.8) is 0 Å². The summed E-state index contributed by atoms with van der Waals surface area (Å²) < 4.78 is 84.5. The molecule has 4 aromatic rings. The normalized spacial score (nSPS) is 15.0. The molecule has 0 aliphatic heterocycles. The first-order valence-corrected chi connectivity index (χ1v) is 20.0. The van der Waals surface area contributed by atoms with E-state index in [1.165, 1.54) is 49.8 Å². The topological polar surface area (TPSA) is 0 Å². The Bertz CT molecular complexity index is 1830. The van der Waals surface area contributed by atoms with Gasteiger partial charge in [-0.25, -0.2) is 0 Å². The Balaban J connectivity index is 1.73. The molecule has 0 bridgehead atoms. The zero-order chi connectivity index (χ0) is 34.8. The first kappa shape index (κ1) is 34.6. The van der Waals surface area contributed by atoms with Gasteiger partial charge in [-0.1, -0.05) is 0 Å². The Morgan fingerprint density at radius 3 is 1.29 bits per heavy atom. The molecule has 6 rings (SSSR count). The molecule has 0 heterocycles. The van der Waals surface area contributed by atoms with Crippen molar-refractivity contribution in [1.29, 1.82) is 0 Å². The molecule has 0 unspecified atom stereocenters. The molecule has 0 nitrogen and oxygen atoms in total. The molecule has 0 saturated carbocycles. The first-order chi connectivity index (χ1) is 22.3. The van der Waals surface area contributed by atoms with Gasteiger partial charge in [0.05, 0.1) is 0 Å². The van der Waals surface area contributed by atoms with Crippen molar-refractivity contribution in [3.8, 4) is 11.1 Å². The van der Waals surface area contributed by atoms with Gasteiger partial charge < -0.3 is 0 Å². The summed E-state index contributed by atoms with van der Waals surface area (Å²) in [5.41, 5.74) is 6.52. The van der Waals surface area contributed by atoms with Gasteiger partial charge >= 0.3 is 288 Å². The van der Waals surface area contributed by atoms with Gasteiger partial charge in [-0.3, -0.25) is 0 Å². The van der Waals surface area contributed by atoms with E-state index in [2.05, 4.69) is 90.1 Å². The fourth-order valence-corrected chi connectivity index (χ4v) is 15.7. The van der Waals surface area contributed by atoms with Crippen LogP contribution < -0.4 is 0 Å². The summed E-state index contributed by atoms with van der Waals surface area (Å²) in [4.78, 5) is 0. The molecule has 0 N–H and O–H groups in total. The summed E-state index contributed by atoms with van der Waals surface area (Å²) in [6.45, 7) is 13.1. The Morgan fingerprint density at radius 1 is 0.562 bits per heavy atom. The third kappa shape index (κ3) is 6.64. The Labute approximate surface area is 286 Å². The fraction of sp³-hybridized carbons (Fsp3) is 0.293. The van der Waals surface area contributed by atoms with Crippen LogP contribution in [0.3, 0.4) is 0 Å². The minimum absolute atomic E-state index is 0.0484. The molecule has 2 aliphatic rings. The SMILES string of the molecule is CC(C)(C)c1ccc2c(c1)[CH]([Zr]([C]1=CC=CC1)=[C](c1ccc(C(F)(F)F)cc1)c1ccc(C(F)(F)F)cc1)c1cc(C(C)(C)C)ccc1-2. The van der Waals surface area contributed by atoms with Crippen LogP contribution in [-0.4, -0.2) is 3.21 Å². The molecule has 0 fully saturated rings. The average molecular weight is 736 g/mol. The predicted molar refractivity (Wildman–Crippen MR) is 179 cm³/mol. The summed E-state index contributed by atoms with van der Waals surface area (Å²) in [5.74, 6) is 0. The predicted octanol–water partition coefficient (Wildman–Crippen LogP) is 12.1. The van der Waals surface area contributed by atoms with E-state index in [1.807, 2.05) is 6.08 Å².